The average molecular weight is 308 g/mol. The Labute approximate surface area is 96.3 Å². The van der Waals surface area contributed by atoms with Gasteiger partial charge in [-0.25, -0.2) is 0 Å². The molecule has 3 saturated carbocycles. The molecule has 0 aromatic rings. The van der Waals surface area contributed by atoms with Crippen LogP contribution in [0.25, 0.3) is 0 Å². The molecule has 4 fully saturated rings. The molecule has 0 amide bonds. The first-order chi connectivity index (χ1) is 6.74. The molecule has 1 heterocycles. The summed E-state index contributed by atoms with van der Waals surface area (Å²) in [5.41, 5.74) is 0. The van der Waals surface area contributed by atoms with Gasteiger partial charge in [-0.05, 0) is 24.7 Å². The van der Waals surface area contributed by atoms with Crippen LogP contribution in [0.15, 0.2) is 0 Å². The molecule has 78 valence electrons. The number of carbonyl (C=O) groups excluding carboxylic acids is 1. The van der Waals surface area contributed by atoms with E-state index in [0.29, 0.717) is 15.8 Å². The third-order valence-electron chi connectivity index (χ3n) is 4.19. The lowest BCUT2D eigenvalue weighted by molar-refractivity contribution is -0.144. The monoisotopic (exact) mass is 308 g/mol. The zero-order valence-corrected chi connectivity index (χ0v) is 9.88. The number of aliphatic hydroxyl groups excluding tert-OH is 1. The predicted molar refractivity (Wildman–Crippen MR) is 58.0 cm³/mol. The number of alkyl halides is 1. The van der Waals surface area contributed by atoms with Crippen LogP contribution in [-0.2, 0) is 9.53 Å². The van der Waals surface area contributed by atoms with Crippen molar-refractivity contribution in [2.24, 2.45) is 23.7 Å². The van der Waals surface area contributed by atoms with E-state index >= 15 is 0 Å². The summed E-state index contributed by atoms with van der Waals surface area (Å²) in [6.45, 7) is 0.146. The molecule has 14 heavy (non-hydrogen) atoms. The molecule has 0 unspecified atom stereocenters. The Morgan fingerprint density at radius 3 is 2.86 bits per heavy atom. The van der Waals surface area contributed by atoms with Crippen molar-refractivity contribution >= 4 is 28.6 Å². The van der Waals surface area contributed by atoms with E-state index in [1.807, 2.05) is 0 Å². The number of fused-ring (bicyclic) bond motifs is 1. The highest BCUT2D eigenvalue weighted by Crippen LogP contribution is 2.56. The van der Waals surface area contributed by atoms with Crippen molar-refractivity contribution in [2.75, 3.05) is 6.61 Å². The van der Waals surface area contributed by atoms with Gasteiger partial charge in [-0.15, -0.1) is 0 Å². The molecular formula is C10H13IO3. The van der Waals surface area contributed by atoms with E-state index in [1.165, 1.54) is 0 Å². The van der Waals surface area contributed by atoms with Crippen molar-refractivity contribution in [1.29, 1.82) is 0 Å². The second-order valence-electron chi connectivity index (χ2n) is 4.62. The molecule has 1 N–H and O–H groups in total. The smallest absolute Gasteiger partial charge is 0.310 e. The van der Waals surface area contributed by atoms with Gasteiger partial charge in [0.1, 0.15) is 6.10 Å². The van der Waals surface area contributed by atoms with Gasteiger partial charge < -0.3 is 9.84 Å². The van der Waals surface area contributed by atoms with Crippen LogP contribution in [0.3, 0.4) is 0 Å². The number of aliphatic hydroxyl groups is 1. The van der Waals surface area contributed by atoms with Gasteiger partial charge >= 0.3 is 5.97 Å². The number of halogens is 1. The minimum Gasteiger partial charge on any atom is -0.461 e. The zero-order valence-electron chi connectivity index (χ0n) is 7.73. The Morgan fingerprint density at radius 2 is 2.14 bits per heavy atom. The molecule has 3 nitrogen and oxygen atoms in total. The highest BCUT2D eigenvalue weighted by molar-refractivity contribution is 14.1. The maximum atomic E-state index is 11.6. The Kier molecular flexibility index (Phi) is 2.06. The average Bonchev–Trinajstić information content (AvgIpc) is 2.50. The summed E-state index contributed by atoms with van der Waals surface area (Å²) < 4.78 is 5.83. The first-order valence-corrected chi connectivity index (χ1v) is 6.44. The van der Waals surface area contributed by atoms with E-state index in [1.54, 1.807) is 0 Å². The predicted octanol–water partition coefficient (Wildman–Crippen LogP) is 0.980. The van der Waals surface area contributed by atoms with E-state index in [-0.39, 0.29) is 30.5 Å². The Balaban J connectivity index is 2.01. The molecule has 3 aliphatic carbocycles. The van der Waals surface area contributed by atoms with Crippen molar-refractivity contribution in [3.63, 3.8) is 0 Å². The van der Waals surface area contributed by atoms with Crippen LogP contribution in [0.5, 0.6) is 0 Å². The fourth-order valence-electron chi connectivity index (χ4n) is 3.57. The minimum atomic E-state index is -0.0529. The molecule has 4 heteroatoms. The normalized spacial score (nSPS) is 54.9. The van der Waals surface area contributed by atoms with E-state index < -0.39 is 0 Å². The minimum absolute atomic E-state index is 0.00904. The Hall–Kier alpha value is 0.160. The summed E-state index contributed by atoms with van der Waals surface area (Å²) in [6.07, 6.45) is 2.42. The molecular weight excluding hydrogens is 295 g/mol. The van der Waals surface area contributed by atoms with E-state index in [2.05, 4.69) is 22.6 Å². The van der Waals surface area contributed by atoms with E-state index in [4.69, 9.17) is 4.74 Å². The summed E-state index contributed by atoms with van der Waals surface area (Å²) in [6, 6.07) is 0. The van der Waals surface area contributed by atoms with Gasteiger partial charge in [-0.3, -0.25) is 4.79 Å². The zero-order chi connectivity index (χ0) is 9.87. The maximum absolute atomic E-state index is 11.6. The number of ether oxygens (including phenoxy) is 1. The van der Waals surface area contributed by atoms with Crippen LogP contribution in [0.2, 0.25) is 0 Å². The fourth-order valence-corrected chi connectivity index (χ4v) is 5.14. The van der Waals surface area contributed by atoms with Gasteiger partial charge in [0, 0.05) is 12.5 Å². The summed E-state index contributed by atoms with van der Waals surface area (Å²) in [5, 5.41) is 9.36. The molecule has 6 atom stereocenters. The summed E-state index contributed by atoms with van der Waals surface area (Å²) >= 11 is 2.40. The lowest BCUT2D eigenvalue weighted by Gasteiger charge is -2.47. The number of carbonyl (C=O) groups is 1. The highest BCUT2D eigenvalue weighted by atomic mass is 127. The number of rotatable bonds is 1. The molecule has 0 aromatic heterocycles. The largest absolute Gasteiger partial charge is 0.461 e. The van der Waals surface area contributed by atoms with Gasteiger partial charge in [0.05, 0.1) is 9.84 Å². The van der Waals surface area contributed by atoms with Gasteiger partial charge in [0.2, 0.25) is 0 Å². The van der Waals surface area contributed by atoms with Crippen molar-refractivity contribution in [1.82, 2.24) is 0 Å². The summed E-state index contributed by atoms with van der Waals surface area (Å²) in [5.74, 6) is 1.01. The lowest BCUT2D eigenvalue weighted by Crippen LogP contribution is -2.51. The molecule has 1 saturated heterocycles. The van der Waals surface area contributed by atoms with Gasteiger partial charge in [-0.1, -0.05) is 22.6 Å². The van der Waals surface area contributed by atoms with Gasteiger partial charge in [-0.2, -0.15) is 0 Å². The number of hydrogen-bond donors (Lipinski definition) is 1. The standard InChI is InChI=1S/C10H13IO3/c11-8-4-1-2-5-7(6(4)3-12)10(13)14-9(5)8/h4-9,12H,1-3H2/t4-,5-,6-,7-,8-,9+/m0/s1. The van der Waals surface area contributed by atoms with E-state index in [0.717, 1.165) is 12.8 Å². The van der Waals surface area contributed by atoms with Crippen molar-refractivity contribution in [3.8, 4) is 0 Å². The van der Waals surface area contributed by atoms with Gasteiger partial charge in [0.15, 0.2) is 0 Å². The third-order valence-corrected chi connectivity index (χ3v) is 5.82. The van der Waals surface area contributed by atoms with Crippen molar-refractivity contribution < 1.29 is 14.6 Å². The molecule has 1 aliphatic heterocycles. The Morgan fingerprint density at radius 1 is 1.43 bits per heavy atom. The van der Waals surface area contributed by atoms with Crippen LogP contribution >= 0.6 is 22.6 Å². The molecule has 0 spiro atoms. The fraction of sp³-hybridized carbons (Fsp3) is 0.900. The summed E-state index contributed by atoms with van der Waals surface area (Å²) in [7, 11) is 0. The van der Waals surface area contributed by atoms with Gasteiger partial charge in [0.25, 0.3) is 0 Å². The van der Waals surface area contributed by atoms with Crippen LogP contribution in [0.4, 0.5) is 0 Å². The molecule has 4 bridgehead atoms. The highest BCUT2D eigenvalue weighted by Gasteiger charge is 2.61. The topological polar surface area (TPSA) is 46.5 Å². The van der Waals surface area contributed by atoms with E-state index in [9.17, 15) is 9.90 Å². The SMILES string of the molecule is O=C1O[C@H]2[C@@H](I)[C@H]3CC[C@H]2[C@H]1[C@H]3CO. The van der Waals surface area contributed by atoms with Crippen molar-refractivity contribution in [3.05, 3.63) is 0 Å². The molecule has 0 radical (unpaired) electrons. The maximum Gasteiger partial charge on any atom is 0.310 e. The van der Waals surface area contributed by atoms with Crippen LogP contribution in [-0.4, -0.2) is 27.7 Å². The van der Waals surface area contributed by atoms with Crippen LogP contribution in [0.1, 0.15) is 12.8 Å². The quantitative estimate of drug-likeness (QED) is 0.446. The summed E-state index contributed by atoms with van der Waals surface area (Å²) in [4.78, 5) is 11.6. The van der Waals surface area contributed by atoms with Crippen LogP contribution in [0, 0.1) is 23.7 Å². The lowest BCUT2D eigenvalue weighted by atomic mass is 9.59. The van der Waals surface area contributed by atoms with Crippen LogP contribution < -0.4 is 0 Å². The first-order valence-electron chi connectivity index (χ1n) is 5.19. The Bertz CT molecular complexity index is 281. The first kappa shape index (κ1) is 9.39. The van der Waals surface area contributed by atoms with Crippen molar-refractivity contribution in [2.45, 2.75) is 22.9 Å². The third kappa shape index (κ3) is 0.988. The number of hydrogen-bond acceptors (Lipinski definition) is 3. The molecule has 4 rings (SSSR count). The second-order valence-corrected chi connectivity index (χ2v) is 6.06. The second kappa shape index (κ2) is 3.07. The molecule has 0 aromatic carbocycles. The number of esters is 1. The molecule has 4 aliphatic rings.